The van der Waals surface area contributed by atoms with E-state index in [4.69, 9.17) is 14.6 Å². The van der Waals surface area contributed by atoms with E-state index in [0.29, 0.717) is 0 Å². The summed E-state index contributed by atoms with van der Waals surface area (Å²) in [5.74, 6) is 0. The molecular formula is C16H20N2O6. The van der Waals surface area contributed by atoms with Gasteiger partial charge in [-0.3, -0.25) is 0 Å². The molecule has 2 aromatic rings. The number of rotatable bonds is 5. The third-order valence-corrected chi connectivity index (χ3v) is 3.99. The zero-order valence-electron chi connectivity index (χ0n) is 12.8. The highest BCUT2D eigenvalue weighted by atomic mass is 16.6. The Morgan fingerprint density at radius 2 is 1.88 bits per heavy atom. The first-order valence-electron chi connectivity index (χ1n) is 7.61. The van der Waals surface area contributed by atoms with Crippen LogP contribution in [-0.4, -0.2) is 67.5 Å². The SMILES string of the molecule is OC[C@H]1O[C@@H](O)[C@H](O)[C@@H](OCc2ccc(-n3cccn3)cc2)[C@@H]1O. The van der Waals surface area contributed by atoms with Gasteiger partial charge >= 0.3 is 0 Å². The van der Waals surface area contributed by atoms with Crippen molar-refractivity contribution in [2.45, 2.75) is 37.3 Å². The molecule has 0 radical (unpaired) electrons. The molecule has 1 aliphatic rings. The molecule has 0 spiro atoms. The molecule has 8 nitrogen and oxygen atoms in total. The lowest BCUT2D eigenvalue weighted by atomic mass is 9.99. The van der Waals surface area contributed by atoms with Crippen LogP contribution in [0, 0.1) is 0 Å². The second-order valence-corrected chi connectivity index (χ2v) is 5.62. The van der Waals surface area contributed by atoms with Gasteiger partial charge in [0.2, 0.25) is 0 Å². The zero-order valence-corrected chi connectivity index (χ0v) is 12.8. The summed E-state index contributed by atoms with van der Waals surface area (Å²) in [6.07, 6.45) is -2.70. The van der Waals surface area contributed by atoms with Crippen molar-refractivity contribution in [3.63, 3.8) is 0 Å². The van der Waals surface area contributed by atoms with E-state index in [9.17, 15) is 15.3 Å². The van der Waals surface area contributed by atoms with Crippen LogP contribution in [0.25, 0.3) is 5.69 Å². The van der Waals surface area contributed by atoms with Crippen molar-refractivity contribution in [3.8, 4) is 5.69 Å². The molecule has 0 aliphatic carbocycles. The average Bonchev–Trinajstić information content (AvgIpc) is 3.13. The molecule has 24 heavy (non-hydrogen) atoms. The fourth-order valence-electron chi connectivity index (χ4n) is 2.62. The summed E-state index contributed by atoms with van der Waals surface area (Å²) < 4.78 is 12.2. The van der Waals surface area contributed by atoms with Gasteiger partial charge in [-0.15, -0.1) is 0 Å². The maximum atomic E-state index is 10.1. The van der Waals surface area contributed by atoms with E-state index < -0.39 is 37.3 Å². The van der Waals surface area contributed by atoms with Crippen LogP contribution < -0.4 is 0 Å². The second kappa shape index (κ2) is 7.39. The van der Waals surface area contributed by atoms with Crippen molar-refractivity contribution in [1.82, 2.24) is 9.78 Å². The molecule has 0 amide bonds. The molecule has 1 saturated heterocycles. The Kier molecular flexibility index (Phi) is 5.24. The molecule has 130 valence electrons. The van der Waals surface area contributed by atoms with Crippen molar-refractivity contribution in [1.29, 1.82) is 0 Å². The van der Waals surface area contributed by atoms with Gasteiger partial charge in [0.1, 0.15) is 24.4 Å². The molecule has 8 heteroatoms. The number of aromatic nitrogens is 2. The summed E-state index contributed by atoms with van der Waals surface area (Å²) >= 11 is 0. The van der Waals surface area contributed by atoms with Gasteiger partial charge in [-0.2, -0.15) is 5.10 Å². The Hall–Kier alpha value is -1.81. The third-order valence-electron chi connectivity index (χ3n) is 3.99. The Balaban J connectivity index is 1.63. The van der Waals surface area contributed by atoms with Gasteiger partial charge in [-0.05, 0) is 23.8 Å². The van der Waals surface area contributed by atoms with Crippen LogP contribution in [-0.2, 0) is 16.1 Å². The number of nitrogens with zero attached hydrogens (tertiary/aromatic N) is 2. The Labute approximate surface area is 138 Å². The number of aliphatic hydroxyl groups excluding tert-OH is 4. The quantitative estimate of drug-likeness (QED) is 0.564. The van der Waals surface area contributed by atoms with Gasteiger partial charge in [0, 0.05) is 12.4 Å². The minimum atomic E-state index is -1.52. The van der Waals surface area contributed by atoms with Gasteiger partial charge in [-0.25, -0.2) is 4.68 Å². The average molecular weight is 336 g/mol. The van der Waals surface area contributed by atoms with Crippen LogP contribution in [0.3, 0.4) is 0 Å². The van der Waals surface area contributed by atoms with Gasteiger partial charge in [0.15, 0.2) is 6.29 Å². The van der Waals surface area contributed by atoms with Gasteiger partial charge < -0.3 is 29.9 Å². The minimum Gasteiger partial charge on any atom is -0.394 e. The van der Waals surface area contributed by atoms with Crippen LogP contribution in [0.1, 0.15) is 5.56 Å². The summed E-state index contributed by atoms with van der Waals surface area (Å²) in [5, 5.41) is 42.9. The molecule has 5 atom stereocenters. The maximum absolute atomic E-state index is 10.1. The van der Waals surface area contributed by atoms with Crippen LogP contribution in [0.2, 0.25) is 0 Å². The van der Waals surface area contributed by atoms with Crippen molar-refractivity contribution in [3.05, 3.63) is 48.3 Å². The highest BCUT2D eigenvalue weighted by Gasteiger charge is 2.44. The number of aliphatic hydroxyl groups is 4. The third kappa shape index (κ3) is 3.48. The monoisotopic (exact) mass is 336 g/mol. The van der Waals surface area contributed by atoms with Gasteiger partial charge in [0.25, 0.3) is 0 Å². The maximum Gasteiger partial charge on any atom is 0.184 e. The molecule has 1 aliphatic heterocycles. The molecule has 1 fully saturated rings. The van der Waals surface area contributed by atoms with Crippen LogP contribution in [0.5, 0.6) is 0 Å². The molecule has 3 rings (SSSR count). The van der Waals surface area contributed by atoms with E-state index >= 15 is 0 Å². The first-order valence-corrected chi connectivity index (χ1v) is 7.61. The van der Waals surface area contributed by atoms with Crippen LogP contribution in [0.15, 0.2) is 42.7 Å². The lowest BCUT2D eigenvalue weighted by Gasteiger charge is -2.39. The highest BCUT2D eigenvalue weighted by Crippen LogP contribution is 2.23. The largest absolute Gasteiger partial charge is 0.394 e. The Bertz CT molecular complexity index is 633. The number of hydrogen-bond acceptors (Lipinski definition) is 7. The molecule has 1 aromatic carbocycles. The molecule has 0 saturated carbocycles. The van der Waals surface area contributed by atoms with Gasteiger partial charge in [0.05, 0.1) is 18.9 Å². The predicted octanol–water partition coefficient (Wildman–Crippen LogP) is -0.811. The molecular weight excluding hydrogens is 316 g/mol. The summed E-state index contributed by atoms with van der Waals surface area (Å²) in [6, 6.07) is 9.25. The van der Waals surface area contributed by atoms with E-state index in [-0.39, 0.29) is 6.61 Å². The highest BCUT2D eigenvalue weighted by molar-refractivity contribution is 5.33. The Morgan fingerprint density at radius 3 is 2.50 bits per heavy atom. The van der Waals surface area contributed by atoms with Crippen LogP contribution >= 0.6 is 0 Å². The summed E-state index contributed by atoms with van der Waals surface area (Å²) in [6.45, 7) is -0.355. The summed E-state index contributed by atoms with van der Waals surface area (Å²) in [4.78, 5) is 0. The number of ether oxygens (including phenoxy) is 2. The zero-order chi connectivity index (χ0) is 17.1. The first kappa shape index (κ1) is 17.0. The molecule has 0 bridgehead atoms. The number of hydrogen-bond donors (Lipinski definition) is 4. The molecule has 2 heterocycles. The van der Waals surface area contributed by atoms with Crippen molar-refractivity contribution in [2.24, 2.45) is 0 Å². The van der Waals surface area contributed by atoms with Crippen LogP contribution in [0.4, 0.5) is 0 Å². The van der Waals surface area contributed by atoms with Crippen molar-refractivity contribution in [2.75, 3.05) is 6.61 Å². The fourth-order valence-corrected chi connectivity index (χ4v) is 2.62. The normalized spacial score (nSPS) is 30.4. The second-order valence-electron chi connectivity index (χ2n) is 5.62. The Morgan fingerprint density at radius 1 is 1.12 bits per heavy atom. The lowest BCUT2D eigenvalue weighted by Crippen LogP contribution is -2.59. The van der Waals surface area contributed by atoms with E-state index in [1.807, 2.05) is 36.5 Å². The summed E-state index contributed by atoms with van der Waals surface area (Å²) in [7, 11) is 0. The molecule has 1 aromatic heterocycles. The fraction of sp³-hybridized carbons (Fsp3) is 0.438. The topological polar surface area (TPSA) is 117 Å². The molecule has 4 N–H and O–H groups in total. The summed E-state index contributed by atoms with van der Waals surface area (Å²) in [5.41, 5.74) is 1.72. The smallest absolute Gasteiger partial charge is 0.184 e. The van der Waals surface area contributed by atoms with Gasteiger partial charge in [-0.1, -0.05) is 12.1 Å². The van der Waals surface area contributed by atoms with E-state index in [0.717, 1.165) is 11.3 Å². The molecule has 0 unspecified atom stereocenters. The standard InChI is InChI=1S/C16H20N2O6/c19-8-12-13(20)15(14(21)16(22)24-12)23-9-10-2-4-11(5-3-10)18-7-1-6-17-18/h1-7,12-16,19-22H,8-9H2/t12-,13-,14-,15+,16-/m1/s1. The first-order chi connectivity index (χ1) is 11.6. The van der Waals surface area contributed by atoms with E-state index in [2.05, 4.69) is 5.10 Å². The van der Waals surface area contributed by atoms with Crippen molar-refractivity contribution >= 4 is 0 Å². The van der Waals surface area contributed by atoms with Crippen molar-refractivity contribution < 1.29 is 29.9 Å². The number of benzene rings is 1. The minimum absolute atomic E-state index is 0.128. The lowest BCUT2D eigenvalue weighted by molar-refractivity contribution is -0.296. The predicted molar refractivity (Wildman–Crippen MR) is 82.1 cm³/mol. The van der Waals surface area contributed by atoms with E-state index in [1.54, 1.807) is 10.9 Å². The van der Waals surface area contributed by atoms with E-state index in [1.165, 1.54) is 0 Å².